The van der Waals surface area contributed by atoms with Gasteiger partial charge in [-0.15, -0.1) is 0 Å². The third kappa shape index (κ3) is 5.32. The van der Waals surface area contributed by atoms with Gasteiger partial charge in [0, 0.05) is 24.2 Å². The number of rotatable bonds is 6. The molecule has 19 heavy (non-hydrogen) atoms. The number of urea groups is 1. The predicted octanol–water partition coefficient (Wildman–Crippen LogP) is 3.20. The van der Waals surface area contributed by atoms with E-state index in [-0.39, 0.29) is 6.03 Å². The minimum absolute atomic E-state index is 0.191. The highest BCUT2D eigenvalue weighted by atomic mass is 32.2. The molecule has 0 radical (unpaired) electrons. The highest BCUT2D eigenvalue weighted by Crippen LogP contribution is 2.14. The Morgan fingerprint density at radius 3 is 3.11 bits per heavy atom. The summed E-state index contributed by atoms with van der Waals surface area (Å²) < 4.78 is 0. The van der Waals surface area contributed by atoms with Crippen LogP contribution < -0.4 is 10.6 Å². The molecule has 0 saturated carbocycles. The molecule has 2 N–H and O–H groups in total. The number of anilines is 1. The molecule has 2 amide bonds. The Labute approximate surface area is 120 Å². The van der Waals surface area contributed by atoms with Crippen LogP contribution in [0.4, 0.5) is 10.5 Å². The van der Waals surface area contributed by atoms with Crippen LogP contribution in [0.5, 0.6) is 0 Å². The summed E-state index contributed by atoms with van der Waals surface area (Å²) in [5.41, 5.74) is 2.04. The van der Waals surface area contributed by atoms with Crippen LogP contribution in [0.15, 0.2) is 41.4 Å². The Morgan fingerprint density at radius 1 is 1.42 bits per heavy atom. The number of carbonyl (C=O) groups is 1. The number of carbonyl (C=O) groups excluding carboxylic acids is 1. The van der Waals surface area contributed by atoms with E-state index in [9.17, 15) is 4.79 Å². The Morgan fingerprint density at radius 2 is 2.37 bits per heavy atom. The van der Waals surface area contributed by atoms with Crippen LogP contribution in [0, 0.1) is 0 Å². The van der Waals surface area contributed by atoms with Gasteiger partial charge in [0.2, 0.25) is 0 Å². The van der Waals surface area contributed by atoms with E-state index >= 15 is 0 Å². The topological polar surface area (TPSA) is 54.0 Å². The SMILES string of the molecule is O=C(NCCSCc1ccsc1)Nc1cccnc1. The first-order chi connectivity index (χ1) is 9.34. The van der Waals surface area contributed by atoms with Crippen molar-refractivity contribution < 1.29 is 4.79 Å². The first-order valence-electron chi connectivity index (χ1n) is 5.88. The van der Waals surface area contributed by atoms with Gasteiger partial charge in [0.1, 0.15) is 0 Å². The molecule has 0 fully saturated rings. The summed E-state index contributed by atoms with van der Waals surface area (Å²) in [4.78, 5) is 15.5. The molecule has 0 aliphatic rings. The van der Waals surface area contributed by atoms with Gasteiger partial charge in [-0.25, -0.2) is 4.79 Å². The number of pyridine rings is 1. The molecule has 4 nitrogen and oxygen atoms in total. The minimum Gasteiger partial charge on any atom is -0.337 e. The molecule has 0 bridgehead atoms. The third-order valence-corrected chi connectivity index (χ3v) is 4.06. The predicted molar refractivity (Wildman–Crippen MR) is 81.7 cm³/mol. The Hall–Kier alpha value is -1.53. The zero-order valence-corrected chi connectivity index (χ0v) is 12.0. The average molecular weight is 293 g/mol. The highest BCUT2D eigenvalue weighted by molar-refractivity contribution is 7.98. The van der Waals surface area contributed by atoms with Gasteiger partial charge in [0.15, 0.2) is 0 Å². The quantitative estimate of drug-likeness (QED) is 0.804. The van der Waals surface area contributed by atoms with Crippen LogP contribution >= 0.6 is 23.1 Å². The van der Waals surface area contributed by atoms with E-state index in [0.29, 0.717) is 12.2 Å². The fourth-order valence-electron chi connectivity index (χ4n) is 1.41. The molecule has 0 aliphatic heterocycles. The van der Waals surface area contributed by atoms with Gasteiger partial charge in [-0.3, -0.25) is 4.98 Å². The molecule has 0 atom stereocenters. The summed E-state index contributed by atoms with van der Waals surface area (Å²) in [6.45, 7) is 0.654. The number of aromatic nitrogens is 1. The lowest BCUT2D eigenvalue weighted by Gasteiger charge is -2.06. The summed E-state index contributed by atoms with van der Waals surface area (Å²) in [5, 5.41) is 9.77. The number of nitrogens with zero attached hydrogens (tertiary/aromatic N) is 1. The largest absolute Gasteiger partial charge is 0.337 e. The number of thiophene rings is 1. The van der Waals surface area contributed by atoms with Gasteiger partial charge >= 0.3 is 6.03 Å². The maximum Gasteiger partial charge on any atom is 0.319 e. The van der Waals surface area contributed by atoms with Crippen LogP contribution in [0.2, 0.25) is 0 Å². The molecule has 2 rings (SSSR count). The van der Waals surface area contributed by atoms with Gasteiger partial charge in [-0.1, -0.05) is 0 Å². The van der Waals surface area contributed by atoms with Crippen LogP contribution in [-0.2, 0) is 5.75 Å². The lowest BCUT2D eigenvalue weighted by atomic mass is 10.4. The number of hydrogen-bond acceptors (Lipinski definition) is 4. The van der Waals surface area contributed by atoms with Crippen LogP contribution in [-0.4, -0.2) is 23.3 Å². The zero-order chi connectivity index (χ0) is 13.3. The molecule has 2 aromatic rings. The molecule has 2 aromatic heterocycles. The zero-order valence-electron chi connectivity index (χ0n) is 10.3. The van der Waals surface area contributed by atoms with Gasteiger partial charge in [-0.05, 0) is 34.5 Å². The van der Waals surface area contributed by atoms with Crippen molar-refractivity contribution >= 4 is 34.8 Å². The minimum atomic E-state index is -0.191. The molecule has 0 aliphatic carbocycles. The molecular formula is C13H15N3OS2. The first kappa shape index (κ1) is 13.9. The van der Waals surface area contributed by atoms with Crippen molar-refractivity contribution in [1.82, 2.24) is 10.3 Å². The fourth-order valence-corrected chi connectivity index (χ4v) is 2.99. The lowest BCUT2D eigenvalue weighted by molar-refractivity contribution is 0.252. The monoisotopic (exact) mass is 293 g/mol. The summed E-state index contributed by atoms with van der Waals surface area (Å²) in [7, 11) is 0. The maximum atomic E-state index is 11.5. The number of amides is 2. The van der Waals surface area contributed by atoms with E-state index in [1.165, 1.54) is 5.56 Å². The van der Waals surface area contributed by atoms with E-state index in [1.807, 2.05) is 11.8 Å². The summed E-state index contributed by atoms with van der Waals surface area (Å²) in [6, 6.07) is 5.52. The van der Waals surface area contributed by atoms with E-state index < -0.39 is 0 Å². The Balaban J connectivity index is 1.57. The average Bonchev–Trinajstić information content (AvgIpc) is 2.92. The number of nitrogens with one attached hydrogen (secondary N) is 2. The summed E-state index contributed by atoms with van der Waals surface area (Å²) in [5.74, 6) is 1.89. The molecule has 0 aromatic carbocycles. The highest BCUT2D eigenvalue weighted by Gasteiger charge is 2.00. The van der Waals surface area contributed by atoms with Crippen LogP contribution in [0.1, 0.15) is 5.56 Å². The van der Waals surface area contributed by atoms with Crippen molar-refractivity contribution in [3.63, 3.8) is 0 Å². The second-order valence-electron chi connectivity index (χ2n) is 3.81. The van der Waals surface area contributed by atoms with Crippen molar-refractivity contribution in [2.24, 2.45) is 0 Å². The smallest absolute Gasteiger partial charge is 0.319 e. The molecule has 0 saturated heterocycles. The second-order valence-corrected chi connectivity index (χ2v) is 5.69. The van der Waals surface area contributed by atoms with E-state index in [4.69, 9.17) is 0 Å². The van der Waals surface area contributed by atoms with E-state index in [2.05, 4.69) is 32.4 Å². The molecule has 0 unspecified atom stereocenters. The van der Waals surface area contributed by atoms with E-state index in [0.717, 1.165) is 11.5 Å². The lowest BCUT2D eigenvalue weighted by Crippen LogP contribution is -2.30. The summed E-state index contributed by atoms with van der Waals surface area (Å²) in [6.07, 6.45) is 3.29. The molecule has 100 valence electrons. The Bertz CT molecular complexity index is 488. The van der Waals surface area contributed by atoms with Crippen molar-refractivity contribution in [3.05, 3.63) is 46.9 Å². The fraction of sp³-hybridized carbons (Fsp3) is 0.231. The molecular weight excluding hydrogens is 278 g/mol. The Kier molecular flexibility index (Phi) is 5.71. The first-order valence-corrected chi connectivity index (χ1v) is 7.98. The van der Waals surface area contributed by atoms with Crippen molar-refractivity contribution in [2.45, 2.75) is 5.75 Å². The van der Waals surface area contributed by atoms with Gasteiger partial charge in [0.25, 0.3) is 0 Å². The van der Waals surface area contributed by atoms with Gasteiger partial charge < -0.3 is 10.6 Å². The van der Waals surface area contributed by atoms with Gasteiger partial charge in [0.05, 0.1) is 11.9 Å². The maximum absolute atomic E-state index is 11.5. The summed E-state index contributed by atoms with van der Waals surface area (Å²) >= 11 is 3.52. The van der Waals surface area contributed by atoms with Crippen LogP contribution in [0.25, 0.3) is 0 Å². The van der Waals surface area contributed by atoms with E-state index in [1.54, 1.807) is 35.9 Å². The molecule has 0 spiro atoms. The second kappa shape index (κ2) is 7.81. The standard InChI is InChI=1S/C13H15N3OS2/c17-13(16-12-2-1-4-14-8-12)15-5-7-19-10-11-3-6-18-9-11/h1-4,6,8-9H,5,7,10H2,(H2,15,16,17). The van der Waals surface area contributed by atoms with Crippen molar-refractivity contribution in [1.29, 1.82) is 0 Å². The normalized spacial score (nSPS) is 10.1. The van der Waals surface area contributed by atoms with Crippen LogP contribution in [0.3, 0.4) is 0 Å². The van der Waals surface area contributed by atoms with Crippen molar-refractivity contribution in [2.75, 3.05) is 17.6 Å². The molecule has 6 heteroatoms. The number of thioether (sulfide) groups is 1. The van der Waals surface area contributed by atoms with Gasteiger partial charge in [-0.2, -0.15) is 23.1 Å². The van der Waals surface area contributed by atoms with Crippen molar-refractivity contribution in [3.8, 4) is 0 Å². The number of hydrogen-bond donors (Lipinski definition) is 2. The third-order valence-electron chi connectivity index (χ3n) is 2.30. The molecule has 2 heterocycles.